The van der Waals surface area contributed by atoms with Crippen LogP contribution in [-0.4, -0.2) is 4.98 Å². The Morgan fingerprint density at radius 2 is 1.50 bits per heavy atom. The molecule has 3 heteroatoms. The zero-order chi connectivity index (χ0) is 18.4. The summed E-state index contributed by atoms with van der Waals surface area (Å²) in [6, 6.07) is 23.1. The molecule has 3 aromatic rings. The van der Waals surface area contributed by atoms with Gasteiger partial charge in [-0.3, -0.25) is 4.98 Å². The minimum atomic E-state index is -3.01. The van der Waals surface area contributed by atoms with Crippen LogP contribution in [0, 0.1) is 0 Å². The summed E-state index contributed by atoms with van der Waals surface area (Å²) in [6.45, 7) is 7.61. The topological polar surface area (TPSA) is 30.0 Å². The van der Waals surface area contributed by atoms with E-state index in [0.29, 0.717) is 5.31 Å². The van der Waals surface area contributed by atoms with Gasteiger partial charge in [-0.15, -0.1) is 0 Å². The van der Waals surface area contributed by atoms with Crippen LogP contribution in [0.3, 0.4) is 0 Å². The van der Waals surface area contributed by atoms with Crippen molar-refractivity contribution in [3.63, 3.8) is 0 Å². The molecule has 26 heavy (non-hydrogen) atoms. The molecular formula is C23H20NOP. The van der Waals surface area contributed by atoms with Crippen LogP contribution < -0.4 is 10.6 Å². The molecule has 2 nitrogen and oxygen atoms in total. The van der Waals surface area contributed by atoms with Crippen LogP contribution in [0.5, 0.6) is 0 Å². The molecule has 0 saturated heterocycles. The maximum atomic E-state index is 14.2. The zero-order valence-electron chi connectivity index (χ0n) is 14.5. The lowest BCUT2D eigenvalue weighted by Crippen LogP contribution is -2.17. The van der Waals surface area contributed by atoms with Gasteiger partial charge in [-0.2, -0.15) is 0 Å². The third-order valence-electron chi connectivity index (χ3n) is 4.17. The summed E-state index contributed by atoms with van der Waals surface area (Å²) in [5.74, 6) is 0. The van der Waals surface area contributed by atoms with Gasteiger partial charge in [0, 0.05) is 27.7 Å². The van der Waals surface area contributed by atoms with Crippen molar-refractivity contribution in [2.75, 3.05) is 0 Å². The normalized spacial score (nSPS) is 13.6. The standard InChI is InChI=1S/C23H20NOP/c1-3-10-20(4-2)26(25,21-11-6-5-7-12-21)22-16-14-19(15-17-22)23-13-8-9-18-24-23/h3-18H,1-2H2/b20-10+. The van der Waals surface area contributed by atoms with E-state index in [4.69, 9.17) is 0 Å². The second-order valence-electron chi connectivity index (χ2n) is 5.74. The number of nitrogens with zero attached hydrogens (tertiary/aromatic N) is 1. The maximum absolute atomic E-state index is 14.2. The monoisotopic (exact) mass is 357 g/mol. The summed E-state index contributed by atoms with van der Waals surface area (Å²) in [6.07, 6.45) is 6.84. The average Bonchev–Trinajstić information content (AvgIpc) is 2.73. The van der Waals surface area contributed by atoms with Gasteiger partial charge in [0.05, 0.1) is 5.69 Å². The summed E-state index contributed by atoms with van der Waals surface area (Å²) < 4.78 is 14.2. The predicted octanol–water partition coefficient (Wildman–Crippen LogP) is 5.32. The SMILES string of the molecule is C=C/C=C(\C=C)P(=O)(c1ccccc1)c1ccc(-c2ccccn2)cc1. The molecule has 0 N–H and O–H groups in total. The maximum Gasteiger partial charge on any atom is 0.170 e. The summed E-state index contributed by atoms with van der Waals surface area (Å²) in [5.41, 5.74) is 1.88. The second-order valence-corrected chi connectivity index (χ2v) is 8.51. The van der Waals surface area contributed by atoms with E-state index in [1.165, 1.54) is 0 Å². The van der Waals surface area contributed by atoms with Crippen molar-refractivity contribution >= 4 is 17.8 Å². The molecule has 0 fully saturated rings. The van der Waals surface area contributed by atoms with Crippen LogP contribution in [0.15, 0.2) is 116 Å². The van der Waals surface area contributed by atoms with Crippen molar-refractivity contribution < 1.29 is 4.57 Å². The Morgan fingerprint density at radius 3 is 2.08 bits per heavy atom. The van der Waals surface area contributed by atoms with Crippen molar-refractivity contribution in [2.24, 2.45) is 0 Å². The Balaban J connectivity index is 2.14. The molecule has 2 aromatic carbocycles. The van der Waals surface area contributed by atoms with Gasteiger partial charge >= 0.3 is 0 Å². The molecule has 3 rings (SSSR count). The van der Waals surface area contributed by atoms with E-state index in [1.807, 2.05) is 72.8 Å². The summed E-state index contributed by atoms with van der Waals surface area (Å²) in [7, 11) is -3.01. The highest BCUT2D eigenvalue weighted by atomic mass is 31.2. The molecule has 0 amide bonds. The highest BCUT2D eigenvalue weighted by molar-refractivity contribution is 7.82. The largest absolute Gasteiger partial charge is 0.309 e. The van der Waals surface area contributed by atoms with E-state index in [0.717, 1.165) is 21.9 Å². The fraction of sp³-hybridized carbons (Fsp3) is 0. The highest BCUT2D eigenvalue weighted by Gasteiger charge is 2.30. The Bertz CT molecular complexity index is 974. The number of aromatic nitrogens is 1. The van der Waals surface area contributed by atoms with Gasteiger partial charge in [-0.05, 0) is 12.1 Å². The summed E-state index contributed by atoms with van der Waals surface area (Å²) >= 11 is 0. The minimum absolute atomic E-state index is 0.671. The van der Waals surface area contributed by atoms with Gasteiger partial charge in [-0.25, -0.2) is 0 Å². The van der Waals surface area contributed by atoms with Gasteiger partial charge in [0.25, 0.3) is 0 Å². The molecule has 1 unspecified atom stereocenters. The fourth-order valence-corrected chi connectivity index (χ4v) is 5.51. The van der Waals surface area contributed by atoms with E-state index < -0.39 is 7.14 Å². The first-order valence-electron chi connectivity index (χ1n) is 8.33. The smallest absolute Gasteiger partial charge is 0.170 e. The van der Waals surface area contributed by atoms with Crippen LogP contribution in [0.25, 0.3) is 11.3 Å². The van der Waals surface area contributed by atoms with Crippen LogP contribution >= 0.6 is 7.14 Å². The van der Waals surface area contributed by atoms with Crippen LogP contribution in [0.4, 0.5) is 0 Å². The van der Waals surface area contributed by atoms with Crippen molar-refractivity contribution in [1.29, 1.82) is 0 Å². The molecule has 0 bridgehead atoms. The minimum Gasteiger partial charge on any atom is -0.309 e. The number of hydrogen-bond donors (Lipinski definition) is 0. The van der Waals surface area contributed by atoms with E-state index in [-0.39, 0.29) is 0 Å². The zero-order valence-corrected chi connectivity index (χ0v) is 15.3. The van der Waals surface area contributed by atoms with Crippen molar-refractivity contribution in [3.05, 3.63) is 116 Å². The lowest BCUT2D eigenvalue weighted by atomic mass is 10.1. The Hall–Kier alpha value is -2.96. The number of benzene rings is 2. The first kappa shape index (κ1) is 17.8. The molecule has 128 valence electrons. The number of rotatable bonds is 6. The predicted molar refractivity (Wildman–Crippen MR) is 111 cm³/mol. The first-order chi connectivity index (χ1) is 12.7. The molecule has 1 atom stereocenters. The van der Waals surface area contributed by atoms with E-state index in [1.54, 1.807) is 24.4 Å². The second kappa shape index (κ2) is 7.95. The van der Waals surface area contributed by atoms with Crippen molar-refractivity contribution in [2.45, 2.75) is 0 Å². The quantitative estimate of drug-likeness (QED) is 0.441. The molecule has 0 radical (unpaired) electrons. The van der Waals surface area contributed by atoms with Crippen molar-refractivity contribution in [1.82, 2.24) is 4.98 Å². The van der Waals surface area contributed by atoms with Crippen LogP contribution in [0.1, 0.15) is 0 Å². The van der Waals surface area contributed by atoms with E-state index >= 15 is 0 Å². The lowest BCUT2D eigenvalue weighted by molar-refractivity contribution is 0.591. The molecule has 0 aliphatic rings. The molecule has 1 heterocycles. The third kappa shape index (κ3) is 3.37. The number of pyridine rings is 1. The molecule has 0 aliphatic carbocycles. The summed E-state index contributed by atoms with van der Waals surface area (Å²) in [5, 5.41) is 2.21. The van der Waals surface area contributed by atoms with Crippen LogP contribution in [-0.2, 0) is 4.57 Å². The van der Waals surface area contributed by atoms with E-state index in [9.17, 15) is 4.57 Å². The molecule has 1 aromatic heterocycles. The van der Waals surface area contributed by atoms with Gasteiger partial charge in [0.1, 0.15) is 0 Å². The van der Waals surface area contributed by atoms with Gasteiger partial charge in [-0.1, -0.05) is 92.0 Å². The van der Waals surface area contributed by atoms with Gasteiger partial charge < -0.3 is 4.57 Å². The highest BCUT2D eigenvalue weighted by Crippen LogP contribution is 2.52. The van der Waals surface area contributed by atoms with E-state index in [2.05, 4.69) is 18.1 Å². The lowest BCUT2D eigenvalue weighted by Gasteiger charge is -2.21. The summed E-state index contributed by atoms with van der Waals surface area (Å²) in [4.78, 5) is 4.37. The Kier molecular flexibility index (Phi) is 5.46. The molecule has 0 saturated carbocycles. The molecule has 0 aliphatic heterocycles. The van der Waals surface area contributed by atoms with Gasteiger partial charge in [0.2, 0.25) is 0 Å². The Morgan fingerprint density at radius 1 is 0.846 bits per heavy atom. The number of hydrogen-bond acceptors (Lipinski definition) is 2. The fourth-order valence-electron chi connectivity index (χ4n) is 2.88. The molecular weight excluding hydrogens is 337 g/mol. The Labute approximate surface area is 154 Å². The first-order valence-corrected chi connectivity index (χ1v) is 10.0. The average molecular weight is 357 g/mol. The number of allylic oxidation sites excluding steroid dienone is 4. The molecule has 0 spiro atoms. The van der Waals surface area contributed by atoms with Crippen molar-refractivity contribution in [3.8, 4) is 11.3 Å². The van der Waals surface area contributed by atoms with Crippen LogP contribution in [0.2, 0.25) is 0 Å². The van der Waals surface area contributed by atoms with Gasteiger partial charge in [0.15, 0.2) is 7.14 Å². The third-order valence-corrected chi connectivity index (χ3v) is 7.28.